The summed E-state index contributed by atoms with van der Waals surface area (Å²) in [6.07, 6.45) is 0.718. The number of nitro benzene ring substituents is 1. The van der Waals surface area contributed by atoms with Gasteiger partial charge in [0.05, 0.1) is 17.6 Å². The summed E-state index contributed by atoms with van der Waals surface area (Å²) in [7, 11) is 0. The van der Waals surface area contributed by atoms with Crippen LogP contribution in [0.3, 0.4) is 0 Å². The maximum absolute atomic E-state index is 12.8. The minimum absolute atomic E-state index is 0.0130. The van der Waals surface area contributed by atoms with Crippen LogP contribution in [0.25, 0.3) is 0 Å². The van der Waals surface area contributed by atoms with Gasteiger partial charge < -0.3 is 15.7 Å². The van der Waals surface area contributed by atoms with Crippen molar-refractivity contribution >= 4 is 11.5 Å². The molecule has 0 saturated carbocycles. The Balaban J connectivity index is 2.59. The largest absolute Gasteiger partial charge is 0.487 e. The van der Waals surface area contributed by atoms with E-state index >= 15 is 0 Å². The second kappa shape index (κ2) is 6.38. The number of ether oxygens (including phenoxy) is 1. The zero-order valence-electron chi connectivity index (χ0n) is 9.38. The van der Waals surface area contributed by atoms with E-state index in [2.05, 4.69) is 5.16 Å². The van der Waals surface area contributed by atoms with Crippen LogP contribution in [0.5, 0.6) is 5.75 Å². The van der Waals surface area contributed by atoms with Gasteiger partial charge in [-0.05, 0) is 18.6 Å². The van der Waals surface area contributed by atoms with E-state index in [-0.39, 0.29) is 18.2 Å². The lowest BCUT2D eigenvalue weighted by Gasteiger charge is -2.06. The Morgan fingerprint density at radius 3 is 2.94 bits per heavy atom. The average Bonchev–Trinajstić information content (AvgIpc) is 2.35. The highest BCUT2D eigenvalue weighted by Gasteiger charge is 2.15. The quantitative estimate of drug-likeness (QED) is 0.201. The number of nitrogens with zero attached hydrogens (tertiary/aromatic N) is 2. The molecule has 0 radical (unpaired) electrons. The molecule has 1 aromatic rings. The Morgan fingerprint density at radius 2 is 2.33 bits per heavy atom. The fourth-order valence-electron chi connectivity index (χ4n) is 1.24. The van der Waals surface area contributed by atoms with E-state index in [1.54, 1.807) is 0 Å². The van der Waals surface area contributed by atoms with E-state index in [0.717, 1.165) is 12.1 Å². The van der Waals surface area contributed by atoms with Gasteiger partial charge in [0.15, 0.2) is 5.75 Å². The average molecular weight is 257 g/mol. The summed E-state index contributed by atoms with van der Waals surface area (Å²) in [6.45, 7) is 0.142. The van der Waals surface area contributed by atoms with Gasteiger partial charge >= 0.3 is 5.69 Å². The summed E-state index contributed by atoms with van der Waals surface area (Å²) in [5, 5.41) is 21.7. The molecule has 98 valence electrons. The lowest BCUT2D eigenvalue weighted by molar-refractivity contribution is -0.386. The van der Waals surface area contributed by atoms with Crippen LogP contribution in [0.2, 0.25) is 0 Å². The first-order valence-corrected chi connectivity index (χ1v) is 5.07. The third-order valence-electron chi connectivity index (χ3n) is 2.08. The van der Waals surface area contributed by atoms with Crippen LogP contribution in [0, 0.1) is 15.9 Å². The summed E-state index contributed by atoms with van der Waals surface area (Å²) < 4.78 is 18.0. The van der Waals surface area contributed by atoms with Gasteiger partial charge in [-0.25, -0.2) is 4.39 Å². The van der Waals surface area contributed by atoms with E-state index in [0.29, 0.717) is 12.8 Å². The molecule has 3 N–H and O–H groups in total. The Labute approximate surface area is 102 Å². The molecule has 1 rings (SSSR count). The van der Waals surface area contributed by atoms with Crippen molar-refractivity contribution in [3.63, 3.8) is 0 Å². The summed E-state index contributed by atoms with van der Waals surface area (Å²) in [5.41, 5.74) is 4.81. The van der Waals surface area contributed by atoms with Crippen LogP contribution in [-0.2, 0) is 0 Å². The molecule has 1 aromatic carbocycles. The predicted molar refractivity (Wildman–Crippen MR) is 61.2 cm³/mol. The molecule has 0 spiro atoms. The molecule has 0 atom stereocenters. The van der Waals surface area contributed by atoms with Crippen molar-refractivity contribution in [2.75, 3.05) is 6.61 Å². The van der Waals surface area contributed by atoms with E-state index in [9.17, 15) is 14.5 Å². The van der Waals surface area contributed by atoms with Crippen LogP contribution in [0.15, 0.2) is 23.4 Å². The van der Waals surface area contributed by atoms with Crippen LogP contribution < -0.4 is 10.5 Å². The van der Waals surface area contributed by atoms with Crippen molar-refractivity contribution < 1.29 is 19.3 Å². The van der Waals surface area contributed by atoms with Crippen molar-refractivity contribution in [3.8, 4) is 5.75 Å². The number of nitro groups is 1. The zero-order chi connectivity index (χ0) is 13.5. The van der Waals surface area contributed by atoms with Gasteiger partial charge in [0.25, 0.3) is 0 Å². The first-order chi connectivity index (χ1) is 8.54. The molecule has 0 saturated heterocycles. The molecule has 0 bridgehead atoms. The number of benzene rings is 1. The fraction of sp³-hybridized carbons (Fsp3) is 0.300. The van der Waals surface area contributed by atoms with Crippen molar-refractivity contribution in [3.05, 3.63) is 34.1 Å². The highest BCUT2D eigenvalue weighted by Crippen LogP contribution is 2.27. The van der Waals surface area contributed by atoms with Crippen molar-refractivity contribution in [2.45, 2.75) is 12.8 Å². The maximum atomic E-state index is 12.8. The smallest absolute Gasteiger partial charge is 0.313 e. The van der Waals surface area contributed by atoms with Crippen molar-refractivity contribution in [2.24, 2.45) is 10.9 Å². The summed E-state index contributed by atoms with van der Waals surface area (Å²) >= 11 is 0. The van der Waals surface area contributed by atoms with Gasteiger partial charge in [-0.2, -0.15) is 0 Å². The van der Waals surface area contributed by atoms with Gasteiger partial charge in [-0.15, -0.1) is 0 Å². The van der Waals surface area contributed by atoms with Crippen LogP contribution >= 0.6 is 0 Å². The number of nitrogens with two attached hydrogens (primary N) is 1. The second-order valence-corrected chi connectivity index (χ2v) is 3.41. The molecule has 0 heterocycles. The molecule has 18 heavy (non-hydrogen) atoms. The second-order valence-electron chi connectivity index (χ2n) is 3.41. The van der Waals surface area contributed by atoms with Crippen LogP contribution in [0.4, 0.5) is 10.1 Å². The summed E-state index contributed by atoms with van der Waals surface area (Å²) in [4.78, 5) is 9.93. The van der Waals surface area contributed by atoms with E-state index in [1.165, 1.54) is 6.07 Å². The highest BCUT2D eigenvalue weighted by atomic mass is 19.1. The predicted octanol–water partition coefficient (Wildman–Crippen LogP) is 1.64. The van der Waals surface area contributed by atoms with Gasteiger partial charge in [-0.3, -0.25) is 10.1 Å². The molecular weight excluding hydrogens is 245 g/mol. The van der Waals surface area contributed by atoms with Gasteiger partial charge in [0.2, 0.25) is 0 Å². The van der Waals surface area contributed by atoms with E-state index in [1.807, 2.05) is 0 Å². The Morgan fingerprint density at radius 1 is 1.61 bits per heavy atom. The molecule has 0 aliphatic rings. The molecule has 7 nitrogen and oxygen atoms in total. The third kappa shape index (κ3) is 3.89. The normalized spacial score (nSPS) is 11.3. The fourth-order valence-corrected chi connectivity index (χ4v) is 1.24. The zero-order valence-corrected chi connectivity index (χ0v) is 9.38. The first kappa shape index (κ1) is 13.7. The molecule has 0 aliphatic carbocycles. The van der Waals surface area contributed by atoms with Gasteiger partial charge in [0, 0.05) is 6.42 Å². The molecular formula is C10H12FN3O4. The standard InChI is InChI=1S/C10H12FN3O4/c11-7-3-4-9(8(6-7)14(16)17)18-5-1-2-10(12)13-15/h3-4,6,15H,1-2,5H2,(H2,12,13). The molecule has 0 aliphatic heterocycles. The SMILES string of the molecule is NC(CCCOc1ccc(F)cc1[N+](=O)[O-])=NO. The molecule has 0 fully saturated rings. The molecule has 8 heteroatoms. The minimum atomic E-state index is -0.720. The Bertz CT molecular complexity index is 464. The number of hydrogen-bond acceptors (Lipinski definition) is 5. The lowest BCUT2D eigenvalue weighted by atomic mass is 10.3. The number of halogens is 1. The topological polar surface area (TPSA) is 111 Å². The number of rotatable bonds is 6. The highest BCUT2D eigenvalue weighted by molar-refractivity contribution is 5.79. The van der Waals surface area contributed by atoms with E-state index < -0.39 is 16.4 Å². The van der Waals surface area contributed by atoms with Gasteiger partial charge in [-0.1, -0.05) is 5.16 Å². The summed E-state index contributed by atoms with van der Waals surface area (Å²) in [6, 6.07) is 3.06. The van der Waals surface area contributed by atoms with Crippen molar-refractivity contribution in [1.82, 2.24) is 0 Å². The third-order valence-corrected chi connectivity index (χ3v) is 2.08. The lowest BCUT2D eigenvalue weighted by Crippen LogP contribution is -2.13. The Hall–Kier alpha value is -2.38. The molecule has 0 unspecified atom stereocenters. The number of oxime groups is 1. The first-order valence-electron chi connectivity index (χ1n) is 5.07. The number of hydrogen-bond donors (Lipinski definition) is 2. The Kier molecular flexibility index (Phi) is 4.85. The summed E-state index contributed by atoms with van der Waals surface area (Å²) in [5.74, 6) is -0.668. The van der Waals surface area contributed by atoms with Crippen LogP contribution in [0.1, 0.15) is 12.8 Å². The molecule has 0 amide bonds. The molecule has 0 aromatic heterocycles. The van der Waals surface area contributed by atoms with Gasteiger partial charge in [0.1, 0.15) is 11.7 Å². The maximum Gasteiger partial charge on any atom is 0.313 e. The minimum Gasteiger partial charge on any atom is -0.487 e. The van der Waals surface area contributed by atoms with E-state index in [4.69, 9.17) is 15.7 Å². The monoisotopic (exact) mass is 257 g/mol. The van der Waals surface area contributed by atoms with Crippen LogP contribution in [-0.4, -0.2) is 22.6 Å². The number of amidine groups is 1. The van der Waals surface area contributed by atoms with Crippen molar-refractivity contribution in [1.29, 1.82) is 0 Å².